The lowest BCUT2D eigenvalue weighted by molar-refractivity contribution is -0.147. The highest BCUT2D eigenvalue weighted by molar-refractivity contribution is 6.31. The van der Waals surface area contributed by atoms with Gasteiger partial charge in [-0.25, -0.2) is 4.79 Å². The summed E-state index contributed by atoms with van der Waals surface area (Å²) in [5.74, 6) is -2.79. The molecule has 108 valence electrons. The maximum absolute atomic E-state index is 11.9. The minimum Gasteiger partial charge on any atom is -0.480 e. The van der Waals surface area contributed by atoms with Crippen molar-refractivity contribution in [2.45, 2.75) is 12.5 Å². The summed E-state index contributed by atoms with van der Waals surface area (Å²) in [6.45, 7) is 0. The summed E-state index contributed by atoms with van der Waals surface area (Å²) in [7, 11) is 1.13. The number of nitrogen functional groups attached to an aromatic ring is 1. The van der Waals surface area contributed by atoms with Crippen molar-refractivity contribution in [1.82, 2.24) is 5.32 Å². The Morgan fingerprint density at radius 1 is 1.40 bits per heavy atom. The van der Waals surface area contributed by atoms with Gasteiger partial charge in [0, 0.05) is 16.3 Å². The van der Waals surface area contributed by atoms with Crippen LogP contribution in [0.15, 0.2) is 18.2 Å². The van der Waals surface area contributed by atoms with Crippen molar-refractivity contribution in [1.29, 1.82) is 0 Å². The SMILES string of the molecule is COC(=O)C[C@H](NC(=O)c1cc(N)cc(Cl)c1)C(=O)O. The maximum atomic E-state index is 11.9. The van der Waals surface area contributed by atoms with Crippen LogP contribution in [0.3, 0.4) is 0 Å². The standard InChI is InChI=1S/C12H13ClN2O5/c1-20-10(16)5-9(12(18)19)15-11(17)6-2-7(13)4-8(14)3-6/h2-4,9H,5,14H2,1H3,(H,15,17)(H,18,19)/t9-/m0/s1. The van der Waals surface area contributed by atoms with E-state index < -0.39 is 30.3 Å². The fourth-order valence-corrected chi connectivity index (χ4v) is 1.68. The topological polar surface area (TPSA) is 119 Å². The van der Waals surface area contributed by atoms with Crippen LogP contribution in [0.4, 0.5) is 5.69 Å². The van der Waals surface area contributed by atoms with Crippen molar-refractivity contribution in [2.24, 2.45) is 0 Å². The van der Waals surface area contributed by atoms with Crippen LogP contribution < -0.4 is 11.1 Å². The third-order valence-corrected chi connectivity index (χ3v) is 2.60. The predicted octanol–water partition coefficient (Wildman–Crippen LogP) is 0.668. The molecule has 0 saturated carbocycles. The van der Waals surface area contributed by atoms with E-state index in [1.54, 1.807) is 0 Å². The summed E-state index contributed by atoms with van der Waals surface area (Å²) in [4.78, 5) is 33.9. The van der Waals surface area contributed by atoms with Crippen molar-refractivity contribution in [3.8, 4) is 0 Å². The molecule has 0 aromatic heterocycles. The second-order valence-corrected chi connectivity index (χ2v) is 4.35. The minimum absolute atomic E-state index is 0.103. The van der Waals surface area contributed by atoms with E-state index in [0.29, 0.717) is 0 Å². The Hall–Kier alpha value is -2.28. The Labute approximate surface area is 119 Å². The predicted molar refractivity (Wildman–Crippen MR) is 71.4 cm³/mol. The molecule has 4 N–H and O–H groups in total. The van der Waals surface area contributed by atoms with Crippen molar-refractivity contribution in [2.75, 3.05) is 12.8 Å². The van der Waals surface area contributed by atoms with Gasteiger partial charge in [-0.1, -0.05) is 11.6 Å². The van der Waals surface area contributed by atoms with Crippen LogP contribution in [0.1, 0.15) is 16.8 Å². The van der Waals surface area contributed by atoms with Gasteiger partial charge in [-0.05, 0) is 18.2 Å². The number of nitrogens with two attached hydrogens (primary N) is 1. The summed E-state index contributed by atoms with van der Waals surface area (Å²) in [5.41, 5.74) is 5.90. The molecule has 7 nitrogen and oxygen atoms in total. The number of carbonyl (C=O) groups excluding carboxylic acids is 2. The molecule has 0 bridgehead atoms. The first kappa shape index (κ1) is 15.8. The average Bonchev–Trinajstić information content (AvgIpc) is 2.36. The van der Waals surface area contributed by atoms with Crippen LogP contribution in [0.5, 0.6) is 0 Å². The number of nitrogens with one attached hydrogen (secondary N) is 1. The quantitative estimate of drug-likeness (QED) is 0.543. The Balaban J connectivity index is 2.85. The molecule has 0 radical (unpaired) electrons. The highest BCUT2D eigenvalue weighted by atomic mass is 35.5. The number of anilines is 1. The Morgan fingerprint density at radius 2 is 2.05 bits per heavy atom. The molecule has 0 heterocycles. The van der Waals surface area contributed by atoms with E-state index in [0.717, 1.165) is 7.11 Å². The van der Waals surface area contributed by atoms with Gasteiger partial charge >= 0.3 is 11.9 Å². The first-order chi connectivity index (χ1) is 9.33. The molecule has 0 aliphatic heterocycles. The minimum atomic E-state index is -1.39. The second kappa shape index (κ2) is 6.76. The van der Waals surface area contributed by atoms with Gasteiger partial charge in [-0.3, -0.25) is 9.59 Å². The smallest absolute Gasteiger partial charge is 0.326 e. The number of rotatable bonds is 5. The summed E-state index contributed by atoms with van der Waals surface area (Å²) in [6.07, 6.45) is -0.479. The van der Waals surface area contributed by atoms with E-state index in [-0.39, 0.29) is 16.3 Å². The third kappa shape index (κ3) is 4.43. The fraction of sp³-hybridized carbons (Fsp3) is 0.250. The lowest BCUT2D eigenvalue weighted by Crippen LogP contribution is -2.42. The molecule has 1 amide bonds. The Bertz CT molecular complexity index is 526. The lowest BCUT2D eigenvalue weighted by atomic mass is 10.1. The zero-order chi connectivity index (χ0) is 15.3. The van der Waals surface area contributed by atoms with Crippen LogP contribution in [0.2, 0.25) is 5.02 Å². The van der Waals surface area contributed by atoms with E-state index in [1.807, 2.05) is 0 Å². The average molecular weight is 301 g/mol. The van der Waals surface area contributed by atoms with Crippen molar-refractivity contribution in [3.05, 3.63) is 28.8 Å². The summed E-state index contributed by atoms with van der Waals surface area (Å²) < 4.78 is 4.36. The first-order valence-electron chi connectivity index (χ1n) is 5.50. The van der Waals surface area contributed by atoms with Gasteiger partial charge in [-0.2, -0.15) is 0 Å². The molecule has 20 heavy (non-hydrogen) atoms. The number of carbonyl (C=O) groups is 3. The molecule has 8 heteroatoms. The largest absolute Gasteiger partial charge is 0.480 e. The van der Waals surface area contributed by atoms with Gasteiger partial charge in [0.25, 0.3) is 5.91 Å². The van der Waals surface area contributed by atoms with Crippen molar-refractivity contribution >= 4 is 35.1 Å². The van der Waals surface area contributed by atoms with Crippen LogP contribution in [-0.2, 0) is 14.3 Å². The monoisotopic (exact) mass is 300 g/mol. The molecule has 0 spiro atoms. The number of amides is 1. The lowest BCUT2D eigenvalue weighted by Gasteiger charge is -2.13. The van der Waals surface area contributed by atoms with Gasteiger partial charge in [0.1, 0.15) is 6.04 Å². The van der Waals surface area contributed by atoms with Gasteiger partial charge < -0.3 is 20.9 Å². The fourth-order valence-electron chi connectivity index (χ4n) is 1.44. The molecule has 1 atom stereocenters. The van der Waals surface area contributed by atoms with Crippen LogP contribution in [0.25, 0.3) is 0 Å². The molecule has 1 aromatic rings. The van der Waals surface area contributed by atoms with E-state index in [4.69, 9.17) is 22.4 Å². The molecular weight excluding hydrogens is 288 g/mol. The maximum Gasteiger partial charge on any atom is 0.326 e. The van der Waals surface area contributed by atoms with Gasteiger partial charge in [-0.15, -0.1) is 0 Å². The number of ether oxygens (including phenoxy) is 1. The zero-order valence-corrected chi connectivity index (χ0v) is 11.3. The normalized spacial score (nSPS) is 11.5. The molecule has 0 unspecified atom stereocenters. The molecule has 0 fully saturated rings. The number of hydrogen-bond donors (Lipinski definition) is 3. The number of benzene rings is 1. The van der Waals surface area contributed by atoms with Crippen molar-refractivity contribution in [3.63, 3.8) is 0 Å². The van der Waals surface area contributed by atoms with Crippen molar-refractivity contribution < 1.29 is 24.2 Å². The third-order valence-electron chi connectivity index (χ3n) is 2.38. The number of aliphatic carboxylic acids is 1. The number of carboxylic acid groups (broad SMARTS) is 1. The highest BCUT2D eigenvalue weighted by Gasteiger charge is 2.24. The molecule has 0 aliphatic rings. The van der Waals surface area contributed by atoms with E-state index >= 15 is 0 Å². The zero-order valence-electron chi connectivity index (χ0n) is 10.6. The number of esters is 1. The number of halogens is 1. The van der Waals surface area contributed by atoms with Crippen LogP contribution >= 0.6 is 11.6 Å². The van der Waals surface area contributed by atoms with E-state index in [2.05, 4.69) is 10.1 Å². The Morgan fingerprint density at radius 3 is 2.55 bits per heavy atom. The first-order valence-corrected chi connectivity index (χ1v) is 5.88. The van der Waals surface area contributed by atoms with E-state index in [9.17, 15) is 14.4 Å². The molecule has 0 saturated heterocycles. The summed E-state index contributed by atoms with van der Waals surface area (Å²) in [6, 6.07) is 2.74. The summed E-state index contributed by atoms with van der Waals surface area (Å²) in [5, 5.41) is 11.4. The highest BCUT2D eigenvalue weighted by Crippen LogP contribution is 2.16. The van der Waals surface area contributed by atoms with E-state index in [1.165, 1.54) is 18.2 Å². The molecule has 1 aromatic carbocycles. The second-order valence-electron chi connectivity index (χ2n) is 3.92. The molecular formula is C12H13ClN2O5. The van der Waals surface area contributed by atoms with Crippen LogP contribution in [-0.4, -0.2) is 36.1 Å². The van der Waals surface area contributed by atoms with Gasteiger partial charge in [0.2, 0.25) is 0 Å². The van der Waals surface area contributed by atoms with Gasteiger partial charge in [0.15, 0.2) is 0 Å². The number of hydrogen-bond acceptors (Lipinski definition) is 5. The number of carboxylic acids is 1. The molecule has 0 aliphatic carbocycles. The van der Waals surface area contributed by atoms with Crippen LogP contribution in [0, 0.1) is 0 Å². The Kier molecular flexibility index (Phi) is 5.33. The summed E-state index contributed by atoms with van der Waals surface area (Å²) >= 11 is 5.75. The number of methoxy groups -OCH3 is 1. The van der Waals surface area contributed by atoms with Gasteiger partial charge in [0.05, 0.1) is 13.5 Å². The molecule has 1 rings (SSSR count).